The van der Waals surface area contributed by atoms with Crippen molar-refractivity contribution in [1.29, 1.82) is 0 Å². The van der Waals surface area contributed by atoms with Crippen molar-refractivity contribution >= 4 is 36.3 Å². The Morgan fingerprint density at radius 2 is 1.00 bits per heavy atom. The number of aromatic amines is 2. The Bertz CT molecular complexity index is 1000. The molecule has 0 saturated carbocycles. The number of para-hydroxylation sites is 2. The maximum Gasteiger partial charge on any atom is 0.225 e. The van der Waals surface area contributed by atoms with E-state index in [0.29, 0.717) is 21.4 Å². The first-order chi connectivity index (χ1) is 12.6. The molecule has 0 aliphatic heterocycles. The zero-order chi connectivity index (χ0) is 18.5. The van der Waals surface area contributed by atoms with Crippen LogP contribution in [-0.4, -0.2) is 29.5 Å². The maximum absolute atomic E-state index is 5.63. The van der Waals surface area contributed by atoms with Crippen LogP contribution in [0.3, 0.4) is 0 Å². The van der Waals surface area contributed by atoms with E-state index < -0.39 is 0 Å². The van der Waals surface area contributed by atoms with Crippen molar-refractivity contribution in [3.8, 4) is 11.4 Å². The van der Waals surface area contributed by atoms with Gasteiger partial charge < -0.3 is 11.5 Å². The zero-order valence-electron chi connectivity index (χ0n) is 13.5. The molecule has 0 atom stereocenters. The first kappa shape index (κ1) is 17.6. The van der Waals surface area contributed by atoms with Crippen LogP contribution in [0.15, 0.2) is 60.7 Å². The molecule has 0 aliphatic carbocycles. The Hall–Kier alpha value is -3.24. The monoisotopic (exact) mass is 384 g/mol. The number of aromatic nitrogens is 6. The summed E-state index contributed by atoms with van der Waals surface area (Å²) in [6, 6.07) is 19.2. The number of benzene rings is 2. The van der Waals surface area contributed by atoms with E-state index in [-0.39, 0.29) is 0 Å². The van der Waals surface area contributed by atoms with Crippen LogP contribution in [0, 0.1) is 9.54 Å². The van der Waals surface area contributed by atoms with Gasteiger partial charge in [0, 0.05) is 0 Å². The van der Waals surface area contributed by atoms with E-state index in [1.165, 1.54) is 0 Å². The van der Waals surface area contributed by atoms with Crippen molar-refractivity contribution in [3.05, 3.63) is 70.2 Å². The van der Waals surface area contributed by atoms with Gasteiger partial charge in [0.2, 0.25) is 21.4 Å². The van der Waals surface area contributed by atoms with Crippen LogP contribution >= 0.6 is 24.4 Å². The smallest absolute Gasteiger partial charge is 0.225 e. The number of nitrogens with two attached hydrogens (primary N) is 2. The average Bonchev–Trinajstić information content (AvgIpc) is 3.18. The number of hydrogen-bond donors (Lipinski definition) is 4. The third-order valence-corrected chi connectivity index (χ3v) is 3.97. The molecule has 4 rings (SSSR count). The molecule has 0 aliphatic rings. The van der Waals surface area contributed by atoms with E-state index in [1.807, 2.05) is 60.7 Å². The minimum absolute atomic E-state index is 0.371. The molecule has 4 aromatic rings. The summed E-state index contributed by atoms with van der Waals surface area (Å²) in [5.74, 6) is 0.743. The summed E-state index contributed by atoms with van der Waals surface area (Å²) in [4.78, 5) is 0. The Morgan fingerprint density at radius 1 is 0.654 bits per heavy atom. The molecular formula is C16H16N8S2. The highest BCUT2D eigenvalue weighted by molar-refractivity contribution is 7.71. The molecule has 0 saturated heterocycles. The van der Waals surface area contributed by atoms with Gasteiger partial charge in [0.25, 0.3) is 0 Å². The van der Waals surface area contributed by atoms with Crippen LogP contribution in [-0.2, 0) is 0 Å². The summed E-state index contributed by atoms with van der Waals surface area (Å²) in [5, 5.41) is 12.9. The second-order valence-electron chi connectivity index (χ2n) is 5.12. The van der Waals surface area contributed by atoms with E-state index in [1.54, 1.807) is 9.13 Å². The first-order valence-electron chi connectivity index (χ1n) is 7.54. The molecule has 0 fully saturated rings. The lowest BCUT2D eigenvalue weighted by molar-refractivity contribution is 1.04. The van der Waals surface area contributed by atoms with Gasteiger partial charge in [-0.2, -0.15) is 0 Å². The fourth-order valence-electron chi connectivity index (χ4n) is 2.27. The predicted octanol–water partition coefficient (Wildman–Crippen LogP) is 3.02. The molecule has 132 valence electrons. The summed E-state index contributed by atoms with van der Waals surface area (Å²) >= 11 is 10.0. The standard InChI is InChI=1S/2C8H8N4S/c2*9-7-10-11-8(13)12(7)6-4-2-1-3-5-6/h2*1-5H,(H2,9,10)(H,11,13). The summed E-state index contributed by atoms with van der Waals surface area (Å²) in [7, 11) is 0. The topological polar surface area (TPSA) is 119 Å². The van der Waals surface area contributed by atoms with E-state index in [9.17, 15) is 0 Å². The number of nitrogens with one attached hydrogen (secondary N) is 2. The van der Waals surface area contributed by atoms with Gasteiger partial charge in [-0.15, -0.1) is 10.2 Å². The minimum Gasteiger partial charge on any atom is -0.368 e. The van der Waals surface area contributed by atoms with Gasteiger partial charge in [-0.3, -0.25) is 9.13 Å². The normalized spacial score (nSPS) is 10.2. The SMILES string of the molecule is Nc1n[nH]c(=S)n1-c1ccccc1.Nc1n[nH]c(=S)n1-c1ccccc1. The first-order valence-corrected chi connectivity index (χ1v) is 8.36. The third-order valence-electron chi connectivity index (χ3n) is 3.43. The highest BCUT2D eigenvalue weighted by Gasteiger charge is 2.03. The van der Waals surface area contributed by atoms with Crippen molar-refractivity contribution in [1.82, 2.24) is 29.5 Å². The van der Waals surface area contributed by atoms with E-state index in [2.05, 4.69) is 20.4 Å². The third kappa shape index (κ3) is 3.71. The van der Waals surface area contributed by atoms with E-state index in [4.69, 9.17) is 35.9 Å². The van der Waals surface area contributed by atoms with Crippen molar-refractivity contribution in [2.45, 2.75) is 0 Å². The van der Waals surface area contributed by atoms with Gasteiger partial charge in [-0.25, -0.2) is 10.2 Å². The molecule has 6 N–H and O–H groups in total. The molecule has 2 heterocycles. The van der Waals surface area contributed by atoms with Crippen molar-refractivity contribution in [2.75, 3.05) is 11.5 Å². The van der Waals surface area contributed by atoms with Crippen LogP contribution in [0.4, 0.5) is 11.9 Å². The second-order valence-corrected chi connectivity index (χ2v) is 5.89. The molecule has 2 aromatic carbocycles. The maximum atomic E-state index is 5.63. The molecule has 0 amide bonds. The van der Waals surface area contributed by atoms with E-state index in [0.717, 1.165) is 11.4 Å². The summed E-state index contributed by atoms with van der Waals surface area (Å²) < 4.78 is 4.36. The molecule has 10 heteroatoms. The Kier molecular flexibility index (Phi) is 5.25. The zero-order valence-corrected chi connectivity index (χ0v) is 15.2. The molecule has 0 spiro atoms. The Morgan fingerprint density at radius 3 is 1.27 bits per heavy atom. The van der Waals surface area contributed by atoms with Crippen molar-refractivity contribution in [3.63, 3.8) is 0 Å². The average molecular weight is 384 g/mol. The fourth-order valence-corrected chi connectivity index (χ4v) is 2.76. The minimum atomic E-state index is 0.371. The van der Waals surface area contributed by atoms with E-state index >= 15 is 0 Å². The fraction of sp³-hybridized carbons (Fsp3) is 0. The van der Waals surface area contributed by atoms with Gasteiger partial charge in [-0.05, 0) is 48.7 Å². The molecule has 2 aromatic heterocycles. The van der Waals surface area contributed by atoms with Gasteiger partial charge in [0.05, 0.1) is 11.4 Å². The largest absolute Gasteiger partial charge is 0.368 e. The van der Waals surface area contributed by atoms with Crippen LogP contribution < -0.4 is 11.5 Å². The van der Waals surface area contributed by atoms with Gasteiger partial charge in [0.15, 0.2) is 0 Å². The predicted molar refractivity (Wildman–Crippen MR) is 106 cm³/mol. The highest BCUT2D eigenvalue weighted by Crippen LogP contribution is 2.11. The van der Waals surface area contributed by atoms with Gasteiger partial charge in [0.1, 0.15) is 0 Å². The van der Waals surface area contributed by atoms with Gasteiger partial charge in [-0.1, -0.05) is 36.4 Å². The van der Waals surface area contributed by atoms with Crippen LogP contribution in [0.2, 0.25) is 0 Å². The highest BCUT2D eigenvalue weighted by atomic mass is 32.1. The summed E-state index contributed by atoms with van der Waals surface area (Å²) in [6.07, 6.45) is 0. The second kappa shape index (κ2) is 7.76. The van der Waals surface area contributed by atoms with Crippen molar-refractivity contribution < 1.29 is 0 Å². The number of nitrogens with zero attached hydrogens (tertiary/aromatic N) is 4. The molecular weight excluding hydrogens is 368 g/mol. The number of nitrogen functional groups attached to an aromatic ring is 2. The number of hydrogen-bond acceptors (Lipinski definition) is 6. The lowest BCUT2D eigenvalue weighted by Gasteiger charge is -2.01. The number of rotatable bonds is 2. The molecule has 0 bridgehead atoms. The van der Waals surface area contributed by atoms with Gasteiger partial charge >= 0.3 is 0 Å². The molecule has 26 heavy (non-hydrogen) atoms. The summed E-state index contributed by atoms with van der Waals surface area (Å²) in [5.41, 5.74) is 13.1. The van der Waals surface area contributed by atoms with Crippen LogP contribution in [0.1, 0.15) is 0 Å². The van der Waals surface area contributed by atoms with Crippen LogP contribution in [0.25, 0.3) is 11.4 Å². The molecule has 0 radical (unpaired) electrons. The molecule has 0 unspecified atom stereocenters. The Labute approximate surface area is 159 Å². The lowest BCUT2D eigenvalue weighted by atomic mass is 10.3. The quantitative estimate of drug-likeness (QED) is 0.394. The summed E-state index contributed by atoms with van der Waals surface area (Å²) in [6.45, 7) is 0. The lowest BCUT2D eigenvalue weighted by Crippen LogP contribution is -2.00. The van der Waals surface area contributed by atoms with Crippen molar-refractivity contribution in [2.24, 2.45) is 0 Å². The molecule has 8 nitrogen and oxygen atoms in total. The Balaban J connectivity index is 0.000000151. The van der Waals surface area contributed by atoms with Crippen LogP contribution in [0.5, 0.6) is 0 Å². The number of anilines is 2. The number of H-pyrrole nitrogens is 2.